The molecule has 0 bridgehead atoms. The van der Waals surface area contributed by atoms with Crippen molar-refractivity contribution in [3.63, 3.8) is 0 Å². The van der Waals surface area contributed by atoms with Crippen molar-refractivity contribution in [2.45, 2.75) is 26.8 Å². The molecule has 0 aliphatic heterocycles. The summed E-state index contributed by atoms with van der Waals surface area (Å²) in [5.41, 5.74) is 0.769. The first-order chi connectivity index (χ1) is 8.08. The Labute approximate surface area is 102 Å². The lowest BCUT2D eigenvalue weighted by molar-refractivity contribution is 0.200. The highest BCUT2D eigenvalue weighted by atomic mass is 19.1. The molecule has 0 aliphatic rings. The third-order valence-electron chi connectivity index (χ3n) is 2.74. The molecule has 1 atom stereocenters. The molecule has 1 rings (SSSR count). The van der Waals surface area contributed by atoms with Gasteiger partial charge in [0.1, 0.15) is 5.82 Å². The summed E-state index contributed by atoms with van der Waals surface area (Å²) in [5, 5.41) is 2.85. The molecule has 0 saturated carbocycles. The molecule has 0 fully saturated rings. The van der Waals surface area contributed by atoms with Crippen molar-refractivity contribution in [3.8, 4) is 0 Å². The lowest BCUT2D eigenvalue weighted by atomic mass is 10.1. The summed E-state index contributed by atoms with van der Waals surface area (Å²) < 4.78 is 13.0. The van der Waals surface area contributed by atoms with Crippen molar-refractivity contribution in [2.75, 3.05) is 13.1 Å². The first-order valence-corrected chi connectivity index (χ1v) is 5.89. The first-order valence-electron chi connectivity index (χ1n) is 5.89. The Bertz CT molecular complexity index is 377. The van der Waals surface area contributed by atoms with Crippen LogP contribution in [0.1, 0.15) is 32.4 Å². The third-order valence-corrected chi connectivity index (χ3v) is 2.74. The molecule has 1 aromatic rings. The standard InChI is InChI=1S/C13H19FN2O/c1-4-16(5-2)13(17)15-10(3)11-7-6-8-12(14)9-11/h6-10H,4-5H2,1-3H3,(H,15,17). The smallest absolute Gasteiger partial charge is 0.317 e. The van der Waals surface area contributed by atoms with E-state index in [4.69, 9.17) is 0 Å². The first kappa shape index (κ1) is 13.5. The van der Waals surface area contributed by atoms with Crippen molar-refractivity contribution in [2.24, 2.45) is 0 Å². The molecule has 1 aromatic carbocycles. The SMILES string of the molecule is CCN(CC)C(=O)NC(C)c1cccc(F)c1. The van der Waals surface area contributed by atoms with Crippen molar-refractivity contribution >= 4 is 6.03 Å². The van der Waals surface area contributed by atoms with Gasteiger partial charge in [0.2, 0.25) is 0 Å². The molecule has 0 aromatic heterocycles. The second kappa shape index (κ2) is 6.23. The maximum atomic E-state index is 13.0. The topological polar surface area (TPSA) is 32.3 Å². The molecule has 17 heavy (non-hydrogen) atoms. The van der Waals surface area contributed by atoms with Crippen LogP contribution in [-0.4, -0.2) is 24.0 Å². The zero-order valence-corrected chi connectivity index (χ0v) is 10.5. The Morgan fingerprint density at radius 2 is 2.06 bits per heavy atom. The van der Waals surface area contributed by atoms with Crippen LogP contribution in [0.25, 0.3) is 0 Å². The summed E-state index contributed by atoms with van der Waals surface area (Å²) in [6.45, 7) is 7.03. The number of halogens is 1. The van der Waals surface area contributed by atoms with Gasteiger partial charge in [0, 0.05) is 13.1 Å². The van der Waals surface area contributed by atoms with Gasteiger partial charge in [-0.05, 0) is 38.5 Å². The normalized spacial score (nSPS) is 12.0. The van der Waals surface area contributed by atoms with Crippen LogP contribution in [0.15, 0.2) is 24.3 Å². The van der Waals surface area contributed by atoms with E-state index in [2.05, 4.69) is 5.32 Å². The number of hydrogen-bond acceptors (Lipinski definition) is 1. The Morgan fingerprint density at radius 1 is 1.41 bits per heavy atom. The molecule has 0 radical (unpaired) electrons. The van der Waals surface area contributed by atoms with Crippen LogP contribution in [0.3, 0.4) is 0 Å². The maximum Gasteiger partial charge on any atom is 0.317 e. The molecule has 1 N–H and O–H groups in total. The van der Waals surface area contributed by atoms with E-state index in [-0.39, 0.29) is 17.9 Å². The zero-order valence-electron chi connectivity index (χ0n) is 10.5. The van der Waals surface area contributed by atoms with Crippen LogP contribution in [0.2, 0.25) is 0 Å². The van der Waals surface area contributed by atoms with Crippen LogP contribution < -0.4 is 5.32 Å². The molecule has 0 heterocycles. The van der Waals surface area contributed by atoms with E-state index in [1.807, 2.05) is 20.8 Å². The second-order valence-electron chi connectivity index (χ2n) is 3.90. The van der Waals surface area contributed by atoms with E-state index in [1.165, 1.54) is 12.1 Å². The van der Waals surface area contributed by atoms with E-state index < -0.39 is 0 Å². The molecule has 94 valence electrons. The van der Waals surface area contributed by atoms with Crippen LogP contribution >= 0.6 is 0 Å². The van der Waals surface area contributed by atoms with Crippen LogP contribution in [0.4, 0.5) is 9.18 Å². The maximum absolute atomic E-state index is 13.0. The number of benzene rings is 1. The highest BCUT2D eigenvalue weighted by molar-refractivity contribution is 5.74. The zero-order chi connectivity index (χ0) is 12.8. The average molecular weight is 238 g/mol. The van der Waals surface area contributed by atoms with Crippen LogP contribution in [-0.2, 0) is 0 Å². The lowest BCUT2D eigenvalue weighted by Gasteiger charge is -2.22. The van der Waals surface area contributed by atoms with Crippen LogP contribution in [0, 0.1) is 5.82 Å². The predicted octanol–water partition coefficient (Wildman–Crippen LogP) is 2.94. The van der Waals surface area contributed by atoms with E-state index in [9.17, 15) is 9.18 Å². The number of carbonyl (C=O) groups excluding carboxylic acids is 1. The van der Waals surface area contributed by atoms with Crippen molar-refractivity contribution < 1.29 is 9.18 Å². The summed E-state index contributed by atoms with van der Waals surface area (Å²) in [6, 6.07) is 5.96. The number of amides is 2. The van der Waals surface area contributed by atoms with Gasteiger partial charge in [-0.15, -0.1) is 0 Å². The van der Waals surface area contributed by atoms with Gasteiger partial charge in [-0.2, -0.15) is 0 Å². The summed E-state index contributed by atoms with van der Waals surface area (Å²) in [6.07, 6.45) is 0. The minimum Gasteiger partial charge on any atom is -0.331 e. The largest absolute Gasteiger partial charge is 0.331 e. The van der Waals surface area contributed by atoms with Gasteiger partial charge in [-0.3, -0.25) is 0 Å². The van der Waals surface area contributed by atoms with Gasteiger partial charge in [0.25, 0.3) is 0 Å². The second-order valence-corrected chi connectivity index (χ2v) is 3.90. The molecule has 0 spiro atoms. The minimum atomic E-state index is -0.286. The summed E-state index contributed by atoms with van der Waals surface area (Å²) in [7, 11) is 0. The fraction of sp³-hybridized carbons (Fsp3) is 0.462. The van der Waals surface area contributed by atoms with E-state index >= 15 is 0 Å². The van der Waals surface area contributed by atoms with E-state index in [1.54, 1.807) is 17.0 Å². The third kappa shape index (κ3) is 3.73. The molecule has 0 aliphatic carbocycles. The van der Waals surface area contributed by atoms with Gasteiger partial charge < -0.3 is 10.2 Å². The Hall–Kier alpha value is -1.58. The molecular formula is C13H19FN2O. The van der Waals surface area contributed by atoms with Crippen LogP contribution in [0.5, 0.6) is 0 Å². The monoisotopic (exact) mass is 238 g/mol. The Balaban J connectivity index is 2.66. The fourth-order valence-electron chi connectivity index (χ4n) is 1.65. The minimum absolute atomic E-state index is 0.119. The van der Waals surface area contributed by atoms with Crippen molar-refractivity contribution in [1.82, 2.24) is 10.2 Å². The van der Waals surface area contributed by atoms with E-state index in [0.717, 1.165) is 5.56 Å². The molecule has 4 heteroatoms. The van der Waals surface area contributed by atoms with Gasteiger partial charge >= 0.3 is 6.03 Å². The Morgan fingerprint density at radius 3 is 2.59 bits per heavy atom. The van der Waals surface area contributed by atoms with Gasteiger partial charge in [-0.25, -0.2) is 9.18 Å². The summed E-state index contributed by atoms with van der Waals surface area (Å²) in [4.78, 5) is 13.5. The summed E-state index contributed by atoms with van der Waals surface area (Å²) in [5.74, 6) is -0.286. The quantitative estimate of drug-likeness (QED) is 0.859. The number of hydrogen-bond donors (Lipinski definition) is 1. The van der Waals surface area contributed by atoms with Crippen molar-refractivity contribution in [1.29, 1.82) is 0 Å². The highest BCUT2D eigenvalue weighted by Crippen LogP contribution is 2.13. The number of nitrogens with one attached hydrogen (secondary N) is 1. The predicted molar refractivity (Wildman–Crippen MR) is 66.3 cm³/mol. The van der Waals surface area contributed by atoms with Crippen molar-refractivity contribution in [3.05, 3.63) is 35.6 Å². The molecule has 2 amide bonds. The fourth-order valence-corrected chi connectivity index (χ4v) is 1.65. The summed E-state index contributed by atoms with van der Waals surface area (Å²) >= 11 is 0. The molecular weight excluding hydrogens is 219 g/mol. The number of nitrogens with zero attached hydrogens (tertiary/aromatic N) is 1. The lowest BCUT2D eigenvalue weighted by Crippen LogP contribution is -2.40. The number of carbonyl (C=O) groups is 1. The Kier molecular flexibility index (Phi) is 4.94. The molecule has 3 nitrogen and oxygen atoms in total. The van der Waals surface area contributed by atoms with Gasteiger partial charge in [-0.1, -0.05) is 12.1 Å². The van der Waals surface area contributed by atoms with Gasteiger partial charge in [0.15, 0.2) is 0 Å². The van der Waals surface area contributed by atoms with E-state index in [0.29, 0.717) is 13.1 Å². The highest BCUT2D eigenvalue weighted by Gasteiger charge is 2.13. The number of rotatable bonds is 4. The van der Waals surface area contributed by atoms with Gasteiger partial charge in [0.05, 0.1) is 6.04 Å². The average Bonchev–Trinajstić information content (AvgIpc) is 2.30. The number of urea groups is 1. The molecule has 1 unspecified atom stereocenters. The molecule has 0 saturated heterocycles.